The van der Waals surface area contributed by atoms with Gasteiger partial charge in [-0.25, -0.2) is 4.39 Å². The van der Waals surface area contributed by atoms with Crippen LogP contribution in [0.5, 0.6) is 0 Å². The predicted molar refractivity (Wildman–Crippen MR) is 128 cm³/mol. The number of aryl methyl sites for hydroxylation is 2. The fraction of sp³-hybridized carbons (Fsp3) is 0.208. The topological polar surface area (TPSA) is 64.7 Å². The molecule has 0 unspecified atom stereocenters. The van der Waals surface area contributed by atoms with Crippen LogP contribution < -0.4 is 5.32 Å². The van der Waals surface area contributed by atoms with Crippen LogP contribution in [0, 0.1) is 26.6 Å². The van der Waals surface area contributed by atoms with Crippen LogP contribution in [0.4, 0.5) is 10.2 Å². The maximum absolute atomic E-state index is 13.3. The number of aromatic nitrogens is 4. The molecule has 0 bridgehead atoms. The molecule has 2 heterocycles. The molecule has 0 saturated carbocycles. The fourth-order valence-corrected chi connectivity index (χ4v) is 3.86. The molecule has 6 nitrogen and oxygen atoms in total. The number of hydrogen-bond donors (Lipinski definition) is 1. The maximum Gasteiger partial charge on any atom is 0.256 e. The molecule has 0 aliphatic carbocycles. The third kappa shape index (κ3) is 5.10. The van der Waals surface area contributed by atoms with Crippen LogP contribution in [-0.2, 0) is 13.1 Å². The summed E-state index contributed by atoms with van der Waals surface area (Å²) < 4.78 is 16.8. The molecular weight excluding hydrogens is 464 g/mol. The molecule has 2 aromatic carbocycles. The number of nitrogens with one attached hydrogen (secondary N) is 1. The van der Waals surface area contributed by atoms with Crippen molar-refractivity contribution in [1.82, 2.24) is 19.6 Å². The minimum atomic E-state index is -0.390. The molecule has 0 radical (unpaired) electrons. The molecule has 1 amide bonds. The van der Waals surface area contributed by atoms with Gasteiger partial charge in [-0.3, -0.25) is 14.2 Å². The number of nitrogens with zero attached hydrogens (tertiary/aromatic N) is 4. The van der Waals surface area contributed by atoms with Crippen molar-refractivity contribution in [3.05, 3.63) is 98.2 Å². The van der Waals surface area contributed by atoms with E-state index in [0.29, 0.717) is 34.5 Å². The minimum Gasteiger partial charge on any atom is -0.305 e. The van der Waals surface area contributed by atoms with Gasteiger partial charge in [-0.2, -0.15) is 10.2 Å². The Hall–Kier alpha value is -3.16. The molecule has 4 aromatic rings. The molecule has 0 spiro atoms. The Balaban J connectivity index is 1.43. The number of amides is 1. The van der Waals surface area contributed by atoms with Gasteiger partial charge in [0.1, 0.15) is 5.82 Å². The van der Waals surface area contributed by atoms with Gasteiger partial charge < -0.3 is 5.32 Å². The smallest absolute Gasteiger partial charge is 0.256 e. The third-order valence-electron chi connectivity index (χ3n) is 5.40. The first-order valence-electron chi connectivity index (χ1n) is 10.3. The van der Waals surface area contributed by atoms with Gasteiger partial charge in [0, 0.05) is 22.3 Å². The Kier molecular flexibility index (Phi) is 6.54. The van der Waals surface area contributed by atoms with E-state index in [1.807, 2.05) is 37.6 Å². The van der Waals surface area contributed by atoms with Crippen LogP contribution in [-0.4, -0.2) is 25.5 Å². The van der Waals surface area contributed by atoms with Crippen molar-refractivity contribution in [2.24, 2.45) is 0 Å². The van der Waals surface area contributed by atoms with Crippen LogP contribution >= 0.6 is 23.2 Å². The molecule has 0 atom stereocenters. The SMILES string of the molecule is Cc1nn(Cc2ccc(C(=O)Nc3cc(C)n(Cc4ccc(F)cc4Cl)n3)cc2)c(C)c1Cl. The molecule has 0 aliphatic heterocycles. The summed E-state index contributed by atoms with van der Waals surface area (Å²) in [6.07, 6.45) is 0. The van der Waals surface area contributed by atoms with Crippen molar-refractivity contribution >= 4 is 34.9 Å². The average Bonchev–Trinajstić information content (AvgIpc) is 3.23. The van der Waals surface area contributed by atoms with Crippen LogP contribution in [0.2, 0.25) is 10.0 Å². The summed E-state index contributed by atoms with van der Waals surface area (Å²) in [5.41, 5.74) is 4.79. The standard InChI is InChI=1S/C24H22Cl2FN5O/c1-14-10-22(30-31(14)13-19-8-9-20(27)11-21(19)25)28-24(33)18-6-4-17(5-7-18)12-32-16(3)23(26)15(2)29-32/h4-11H,12-13H2,1-3H3,(H,28,30,33). The first kappa shape index (κ1) is 23.0. The zero-order valence-corrected chi connectivity index (χ0v) is 19.9. The van der Waals surface area contributed by atoms with Crippen LogP contribution in [0.3, 0.4) is 0 Å². The van der Waals surface area contributed by atoms with Gasteiger partial charge in [0.2, 0.25) is 0 Å². The highest BCUT2D eigenvalue weighted by Crippen LogP contribution is 2.21. The zero-order valence-electron chi connectivity index (χ0n) is 18.4. The number of rotatable bonds is 6. The number of benzene rings is 2. The van der Waals surface area contributed by atoms with E-state index >= 15 is 0 Å². The summed E-state index contributed by atoms with van der Waals surface area (Å²) in [7, 11) is 0. The van der Waals surface area contributed by atoms with Crippen molar-refractivity contribution in [2.75, 3.05) is 5.32 Å². The summed E-state index contributed by atoms with van der Waals surface area (Å²) in [6, 6.07) is 13.3. The van der Waals surface area contributed by atoms with Gasteiger partial charge in [0.15, 0.2) is 5.82 Å². The summed E-state index contributed by atoms with van der Waals surface area (Å²) in [6.45, 7) is 6.61. The average molecular weight is 486 g/mol. The maximum atomic E-state index is 13.3. The van der Waals surface area contributed by atoms with Crippen LogP contribution in [0.25, 0.3) is 0 Å². The molecule has 0 aliphatic rings. The Morgan fingerprint density at radius 3 is 2.33 bits per heavy atom. The van der Waals surface area contributed by atoms with Gasteiger partial charge >= 0.3 is 0 Å². The lowest BCUT2D eigenvalue weighted by atomic mass is 10.1. The summed E-state index contributed by atoms with van der Waals surface area (Å²) in [5, 5.41) is 12.7. The minimum absolute atomic E-state index is 0.264. The van der Waals surface area contributed by atoms with Crippen molar-refractivity contribution in [3.8, 4) is 0 Å². The lowest BCUT2D eigenvalue weighted by molar-refractivity contribution is 0.102. The van der Waals surface area contributed by atoms with E-state index in [2.05, 4.69) is 15.5 Å². The van der Waals surface area contributed by atoms with Gasteiger partial charge in [-0.15, -0.1) is 0 Å². The lowest BCUT2D eigenvalue weighted by Gasteiger charge is -2.07. The second-order valence-corrected chi connectivity index (χ2v) is 8.64. The molecule has 0 saturated heterocycles. The highest BCUT2D eigenvalue weighted by molar-refractivity contribution is 6.32. The normalized spacial score (nSPS) is 11.1. The van der Waals surface area contributed by atoms with E-state index < -0.39 is 5.82 Å². The van der Waals surface area contributed by atoms with Crippen LogP contribution in [0.15, 0.2) is 48.5 Å². The molecular formula is C24H22Cl2FN5O. The van der Waals surface area contributed by atoms with Crippen molar-refractivity contribution in [2.45, 2.75) is 33.9 Å². The number of carbonyl (C=O) groups is 1. The highest BCUT2D eigenvalue weighted by Gasteiger charge is 2.13. The lowest BCUT2D eigenvalue weighted by Crippen LogP contribution is -2.13. The molecule has 9 heteroatoms. The van der Waals surface area contributed by atoms with Crippen molar-refractivity contribution in [3.63, 3.8) is 0 Å². The summed E-state index contributed by atoms with van der Waals surface area (Å²) in [5.74, 6) is -0.226. The third-order valence-corrected chi connectivity index (χ3v) is 6.30. The van der Waals surface area contributed by atoms with Crippen molar-refractivity contribution < 1.29 is 9.18 Å². The zero-order chi connectivity index (χ0) is 23.7. The Morgan fingerprint density at radius 1 is 0.970 bits per heavy atom. The molecule has 4 rings (SSSR count). The first-order chi connectivity index (χ1) is 15.7. The first-order valence-corrected chi connectivity index (χ1v) is 11.0. The number of hydrogen-bond acceptors (Lipinski definition) is 3. The Morgan fingerprint density at radius 2 is 1.70 bits per heavy atom. The van der Waals surface area contributed by atoms with Gasteiger partial charge in [-0.05, 0) is 56.2 Å². The molecule has 0 fully saturated rings. The summed E-state index contributed by atoms with van der Waals surface area (Å²) in [4.78, 5) is 12.7. The second-order valence-electron chi connectivity index (χ2n) is 7.86. The largest absolute Gasteiger partial charge is 0.305 e. The molecule has 1 N–H and O–H groups in total. The van der Waals surface area contributed by atoms with Crippen molar-refractivity contribution in [1.29, 1.82) is 0 Å². The molecule has 33 heavy (non-hydrogen) atoms. The van der Waals surface area contributed by atoms with E-state index in [4.69, 9.17) is 23.2 Å². The summed E-state index contributed by atoms with van der Waals surface area (Å²) >= 11 is 12.3. The monoisotopic (exact) mass is 485 g/mol. The van der Waals surface area contributed by atoms with Crippen LogP contribution in [0.1, 0.15) is 38.6 Å². The van der Waals surface area contributed by atoms with Gasteiger partial charge in [0.05, 0.1) is 29.5 Å². The van der Waals surface area contributed by atoms with Gasteiger partial charge in [0.25, 0.3) is 5.91 Å². The number of halogens is 3. The number of anilines is 1. The van der Waals surface area contributed by atoms with Gasteiger partial charge in [-0.1, -0.05) is 41.4 Å². The van der Waals surface area contributed by atoms with E-state index in [9.17, 15) is 9.18 Å². The fourth-order valence-electron chi connectivity index (χ4n) is 3.49. The molecule has 170 valence electrons. The molecule has 2 aromatic heterocycles. The van der Waals surface area contributed by atoms with E-state index in [1.165, 1.54) is 12.1 Å². The predicted octanol–water partition coefficient (Wildman–Crippen LogP) is 5.80. The second kappa shape index (κ2) is 9.37. The number of carbonyl (C=O) groups excluding carboxylic acids is 1. The van der Waals surface area contributed by atoms with E-state index in [1.54, 1.807) is 28.9 Å². The van der Waals surface area contributed by atoms with E-state index in [0.717, 1.165) is 28.2 Å². The van der Waals surface area contributed by atoms with E-state index in [-0.39, 0.29) is 5.91 Å². The Bertz CT molecular complexity index is 1330. The highest BCUT2D eigenvalue weighted by atomic mass is 35.5. The quantitative estimate of drug-likeness (QED) is 0.375. The Labute approximate surface area is 200 Å².